The van der Waals surface area contributed by atoms with Crippen molar-refractivity contribution in [2.45, 2.75) is 40.0 Å². The number of piperidine rings is 1. The molecular formula is C19H42N2O8S2. The summed E-state index contributed by atoms with van der Waals surface area (Å²) in [6, 6.07) is 0. The van der Waals surface area contributed by atoms with Crippen molar-refractivity contribution in [3.63, 3.8) is 0 Å². The lowest BCUT2D eigenvalue weighted by molar-refractivity contribution is -0.931. The first-order valence-electron chi connectivity index (χ1n) is 10.3. The molecule has 0 amide bonds. The monoisotopic (exact) mass is 490 g/mol. The summed E-state index contributed by atoms with van der Waals surface area (Å²) in [6.07, 6.45) is 4.28. The second-order valence-corrected chi connectivity index (χ2v) is 13.0. The zero-order valence-electron chi connectivity index (χ0n) is 20.5. The van der Waals surface area contributed by atoms with Crippen LogP contribution in [0.1, 0.15) is 40.0 Å². The highest BCUT2D eigenvalue weighted by Crippen LogP contribution is 2.60. The largest absolute Gasteiger partial charge is 0.726 e. The molecule has 2 aliphatic rings. The third-order valence-corrected chi connectivity index (χ3v) is 7.76. The lowest BCUT2D eigenvalue weighted by Gasteiger charge is -2.54. The molecule has 3 atom stereocenters. The highest BCUT2D eigenvalue weighted by molar-refractivity contribution is 7.81. The van der Waals surface area contributed by atoms with E-state index in [1.165, 1.54) is 49.9 Å². The second kappa shape index (κ2) is 10.7. The van der Waals surface area contributed by atoms with Gasteiger partial charge in [0.2, 0.25) is 20.8 Å². The SMILES string of the molecule is CC12CCC(C[N+](C)(CCC[N+](C)(C)C)C1)C2(C)C.COS(=O)(=O)[O-].COS(=O)(=O)[O-]. The Morgan fingerprint density at radius 2 is 1.42 bits per heavy atom. The molecule has 0 spiro atoms. The number of hydrogen-bond donors (Lipinski definition) is 0. The first-order valence-corrected chi connectivity index (χ1v) is 12.9. The topological polar surface area (TPSA) is 133 Å². The van der Waals surface area contributed by atoms with Gasteiger partial charge < -0.3 is 18.1 Å². The van der Waals surface area contributed by atoms with Gasteiger partial charge in [-0.2, -0.15) is 0 Å². The first kappa shape index (κ1) is 30.7. The molecule has 0 aromatic carbocycles. The quantitative estimate of drug-likeness (QED) is 0.308. The Kier molecular flexibility index (Phi) is 10.6. The highest BCUT2D eigenvalue weighted by atomic mass is 32.3. The smallest absolute Gasteiger partial charge is 0.217 e. The van der Waals surface area contributed by atoms with Crippen molar-refractivity contribution < 1.29 is 43.3 Å². The second-order valence-electron chi connectivity index (χ2n) is 10.7. The standard InChI is InChI=1S/C17H36N2.2CH4O4S/c1-16(2)15-9-10-17(16,3)14-19(7,13-15)12-8-11-18(4,5)6;2*1-5-6(2,3)4/h15H,8-14H2,1-7H3;2*1H3,(H,2,3,4)/q+2;;/p-2. The Morgan fingerprint density at radius 3 is 1.74 bits per heavy atom. The average Bonchev–Trinajstić information content (AvgIpc) is 2.69. The molecule has 1 aliphatic heterocycles. The van der Waals surface area contributed by atoms with Gasteiger partial charge in [0.05, 0.1) is 68.6 Å². The van der Waals surface area contributed by atoms with Gasteiger partial charge in [0, 0.05) is 17.8 Å². The van der Waals surface area contributed by atoms with Gasteiger partial charge in [0.25, 0.3) is 0 Å². The van der Waals surface area contributed by atoms with E-state index < -0.39 is 20.8 Å². The number of likely N-dealkylation sites (tertiary alicyclic amines) is 1. The van der Waals surface area contributed by atoms with E-state index in [4.69, 9.17) is 0 Å². The Balaban J connectivity index is 0.000000620. The van der Waals surface area contributed by atoms with E-state index in [2.05, 4.69) is 57.3 Å². The van der Waals surface area contributed by atoms with E-state index in [9.17, 15) is 25.9 Å². The van der Waals surface area contributed by atoms with Gasteiger partial charge in [-0.05, 0) is 18.3 Å². The van der Waals surface area contributed by atoms with Crippen LogP contribution in [0.5, 0.6) is 0 Å². The van der Waals surface area contributed by atoms with Crippen LogP contribution in [0, 0.1) is 16.7 Å². The summed E-state index contributed by atoms with van der Waals surface area (Å²) < 4.78 is 64.5. The number of rotatable bonds is 6. The maximum absolute atomic E-state index is 9.22. The summed E-state index contributed by atoms with van der Waals surface area (Å²) in [6.45, 7) is 13.1. The van der Waals surface area contributed by atoms with Crippen molar-refractivity contribution >= 4 is 20.8 Å². The van der Waals surface area contributed by atoms with Crippen molar-refractivity contribution in [1.29, 1.82) is 0 Å². The molecular weight excluding hydrogens is 448 g/mol. The van der Waals surface area contributed by atoms with E-state index in [0.29, 0.717) is 10.8 Å². The van der Waals surface area contributed by atoms with Gasteiger partial charge >= 0.3 is 0 Å². The van der Waals surface area contributed by atoms with Crippen molar-refractivity contribution in [3.05, 3.63) is 0 Å². The molecule has 188 valence electrons. The summed E-state index contributed by atoms with van der Waals surface area (Å²) in [7, 11) is 2.24. The molecule has 0 N–H and O–H groups in total. The highest BCUT2D eigenvalue weighted by Gasteiger charge is 2.60. The first-order chi connectivity index (χ1) is 13.6. The van der Waals surface area contributed by atoms with Crippen LogP contribution in [0.15, 0.2) is 0 Å². The predicted octanol–water partition coefficient (Wildman–Crippen LogP) is 1.17. The number of quaternary nitrogens is 2. The normalized spacial score (nSPS) is 30.0. The molecule has 12 heteroatoms. The lowest BCUT2D eigenvalue weighted by atomic mass is 9.62. The van der Waals surface area contributed by atoms with Crippen LogP contribution < -0.4 is 0 Å². The number of hydrogen-bond acceptors (Lipinski definition) is 8. The fourth-order valence-electron chi connectivity index (χ4n) is 4.81. The Morgan fingerprint density at radius 1 is 1.00 bits per heavy atom. The third kappa shape index (κ3) is 10.9. The van der Waals surface area contributed by atoms with Gasteiger partial charge in [-0.3, -0.25) is 8.37 Å². The van der Waals surface area contributed by atoms with Gasteiger partial charge in [0.15, 0.2) is 0 Å². The Bertz CT molecular complexity index is 745. The minimum atomic E-state index is -4.41. The number of nitrogens with zero attached hydrogens (tertiary/aromatic N) is 2. The van der Waals surface area contributed by atoms with Crippen LogP contribution in [0.2, 0.25) is 0 Å². The molecule has 2 rings (SSSR count). The fraction of sp³-hybridized carbons (Fsp3) is 1.00. The zero-order chi connectivity index (χ0) is 24.9. The molecule has 1 saturated carbocycles. The molecule has 1 saturated heterocycles. The van der Waals surface area contributed by atoms with E-state index >= 15 is 0 Å². The van der Waals surface area contributed by atoms with Crippen LogP contribution in [-0.4, -0.2) is 103 Å². The van der Waals surface area contributed by atoms with Crippen molar-refractivity contribution in [1.82, 2.24) is 0 Å². The van der Waals surface area contributed by atoms with E-state index in [-0.39, 0.29) is 0 Å². The Labute approximate surface area is 189 Å². The Hall–Kier alpha value is -0.340. The van der Waals surface area contributed by atoms with E-state index in [1.54, 1.807) is 0 Å². The van der Waals surface area contributed by atoms with Gasteiger partial charge in [-0.25, -0.2) is 16.8 Å². The van der Waals surface area contributed by atoms with Crippen LogP contribution in [0.3, 0.4) is 0 Å². The van der Waals surface area contributed by atoms with Crippen molar-refractivity contribution in [2.24, 2.45) is 16.7 Å². The minimum Gasteiger partial charge on any atom is -0.726 e. The maximum Gasteiger partial charge on any atom is 0.217 e. The minimum absolute atomic E-state index is 0.560. The lowest BCUT2D eigenvalue weighted by Crippen LogP contribution is -2.61. The van der Waals surface area contributed by atoms with Crippen molar-refractivity contribution in [3.8, 4) is 0 Å². The average molecular weight is 491 g/mol. The molecule has 1 aliphatic carbocycles. The molecule has 0 aromatic heterocycles. The summed E-state index contributed by atoms with van der Waals surface area (Å²) in [5, 5.41) is 0. The maximum atomic E-state index is 9.22. The summed E-state index contributed by atoms with van der Waals surface area (Å²) in [4.78, 5) is 0. The molecule has 2 bridgehead atoms. The third-order valence-electron chi connectivity index (χ3n) is 6.95. The summed E-state index contributed by atoms with van der Waals surface area (Å²) in [5.74, 6) is 0.945. The molecule has 1 heterocycles. The fourth-order valence-corrected chi connectivity index (χ4v) is 4.81. The van der Waals surface area contributed by atoms with Crippen LogP contribution in [0.4, 0.5) is 0 Å². The van der Waals surface area contributed by atoms with Gasteiger partial charge in [-0.1, -0.05) is 20.8 Å². The molecule has 31 heavy (non-hydrogen) atoms. The summed E-state index contributed by atoms with van der Waals surface area (Å²) >= 11 is 0. The molecule has 0 aromatic rings. The van der Waals surface area contributed by atoms with Crippen LogP contribution >= 0.6 is 0 Å². The zero-order valence-corrected chi connectivity index (χ0v) is 22.1. The molecule has 0 radical (unpaired) electrons. The van der Waals surface area contributed by atoms with E-state index in [0.717, 1.165) is 24.6 Å². The number of fused-ring (bicyclic) bond motifs is 2. The van der Waals surface area contributed by atoms with E-state index in [1.807, 2.05) is 0 Å². The van der Waals surface area contributed by atoms with Crippen LogP contribution in [-0.2, 0) is 29.2 Å². The molecule has 10 nitrogen and oxygen atoms in total. The molecule has 2 fully saturated rings. The van der Waals surface area contributed by atoms with Gasteiger partial charge in [0.1, 0.15) is 0 Å². The summed E-state index contributed by atoms with van der Waals surface area (Å²) in [5.41, 5.74) is 1.13. The van der Waals surface area contributed by atoms with Gasteiger partial charge in [-0.15, -0.1) is 0 Å². The molecule has 3 unspecified atom stereocenters. The predicted molar refractivity (Wildman–Crippen MR) is 116 cm³/mol. The van der Waals surface area contributed by atoms with Crippen molar-refractivity contribution in [2.75, 3.05) is 68.6 Å². The van der Waals surface area contributed by atoms with Crippen LogP contribution in [0.25, 0.3) is 0 Å².